The molecule has 0 spiro atoms. The summed E-state index contributed by atoms with van der Waals surface area (Å²) in [5.74, 6) is -0.413. The van der Waals surface area contributed by atoms with Crippen LogP contribution in [0.4, 0.5) is 5.69 Å². The van der Waals surface area contributed by atoms with Crippen LogP contribution < -0.4 is 16.0 Å². The Bertz CT molecular complexity index is 552. The van der Waals surface area contributed by atoms with Gasteiger partial charge in [-0.3, -0.25) is 14.3 Å². The van der Waals surface area contributed by atoms with Crippen molar-refractivity contribution in [1.29, 1.82) is 0 Å². The van der Waals surface area contributed by atoms with Crippen molar-refractivity contribution in [2.24, 2.45) is 18.7 Å². The largest absolute Gasteiger partial charge is 0.369 e. The molecule has 2 heterocycles. The number of amides is 2. The molecular weight excluding hydrogens is 270 g/mol. The van der Waals surface area contributed by atoms with Crippen LogP contribution >= 0.6 is 0 Å². The molecule has 1 fully saturated rings. The van der Waals surface area contributed by atoms with Gasteiger partial charge in [0.15, 0.2) is 6.54 Å². The molecule has 0 saturated carbocycles. The van der Waals surface area contributed by atoms with E-state index in [1.165, 1.54) is 0 Å². The van der Waals surface area contributed by atoms with Gasteiger partial charge in [-0.2, -0.15) is 5.10 Å². The fraction of sp³-hybridized carbons (Fsp3) is 0.643. The van der Waals surface area contributed by atoms with E-state index in [9.17, 15) is 9.59 Å². The monoisotopic (exact) mass is 294 g/mol. The number of likely N-dealkylation sites (tertiary alicyclic amines) is 1. The summed E-state index contributed by atoms with van der Waals surface area (Å²) in [7, 11) is 1.85. The topological polar surface area (TPSA) is 94.4 Å². The van der Waals surface area contributed by atoms with Gasteiger partial charge >= 0.3 is 0 Å². The molecule has 4 N–H and O–H groups in total. The molecule has 1 aliphatic rings. The predicted molar refractivity (Wildman–Crippen MR) is 78.8 cm³/mol. The summed E-state index contributed by atoms with van der Waals surface area (Å²) in [4.78, 5) is 24.6. The third kappa shape index (κ3) is 3.60. The second-order valence-electron chi connectivity index (χ2n) is 5.84. The first-order valence-electron chi connectivity index (χ1n) is 7.31. The molecule has 0 aromatic carbocycles. The minimum atomic E-state index is -0.258. The number of primary amides is 1. The molecular formula is C14H24N5O2+. The van der Waals surface area contributed by atoms with Gasteiger partial charge in [-0.25, -0.2) is 0 Å². The van der Waals surface area contributed by atoms with E-state index < -0.39 is 0 Å². The summed E-state index contributed by atoms with van der Waals surface area (Å²) in [5, 5.41) is 7.21. The second-order valence-corrected chi connectivity index (χ2v) is 5.84. The normalized spacial score (nSPS) is 22.0. The molecule has 1 aromatic rings. The van der Waals surface area contributed by atoms with E-state index in [0.29, 0.717) is 13.1 Å². The van der Waals surface area contributed by atoms with Gasteiger partial charge in [0.2, 0.25) is 5.91 Å². The Morgan fingerprint density at radius 2 is 2.19 bits per heavy atom. The summed E-state index contributed by atoms with van der Waals surface area (Å²) >= 11 is 0. The highest BCUT2D eigenvalue weighted by Gasteiger charge is 2.28. The molecule has 21 heavy (non-hydrogen) atoms. The van der Waals surface area contributed by atoms with Crippen molar-refractivity contribution in [3.8, 4) is 0 Å². The first-order valence-corrected chi connectivity index (χ1v) is 7.31. The zero-order valence-corrected chi connectivity index (χ0v) is 12.9. The van der Waals surface area contributed by atoms with Crippen LogP contribution in [-0.4, -0.2) is 41.2 Å². The minimum Gasteiger partial charge on any atom is -0.369 e. The molecule has 1 aliphatic heterocycles. The van der Waals surface area contributed by atoms with Crippen LogP contribution in [0, 0.1) is 19.8 Å². The van der Waals surface area contributed by atoms with E-state index in [2.05, 4.69) is 10.4 Å². The van der Waals surface area contributed by atoms with Crippen molar-refractivity contribution < 1.29 is 14.5 Å². The Hall–Kier alpha value is -1.89. The van der Waals surface area contributed by atoms with E-state index >= 15 is 0 Å². The Balaban J connectivity index is 1.94. The van der Waals surface area contributed by atoms with E-state index in [-0.39, 0.29) is 17.7 Å². The third-order valence-corrected chi connectivity index (χ3v) is 4.20. The number of quaternary nitrogens is 1. The van der Waals surface area contributed by atoms with Gasteiger partial charge in [0, 0.05) is 7.05 Å². The van der Waals surface area contributed by atoms with Gasteiger partial charge in [-0.15, -0.1) is 0 Å². The van der Waals surface area contributed by atoms with Gasteiger partial charge in [0.1, 0.15) is 0 Å². The fourth-order valence-corrected chi connectivity index (χ4v) is 2.92. The second kappa shape index (κ2) is 6.26. The Labute approximate surface area is 124 Å². The lowest BCUT2D eigenvalue weighted by molar-refractivity contribution is -0.899. The van der Waals surface area contributed by atoms with Crippen molar-refractivity contribution in [2.75, 3.05) is 25.0 Å². The summed E-state index contributed by atoms with van der Waals surface area (Å²) in [6, 6.07) is 0. The van der Waals surface area contributed by atoms with Crippen LogP contribution in [0.5, 0.6) is 0 Å². The maximum Gasteiger partial charge on any atom is 0.279 e. The number of rotatable bonds is 4. The Morgan fingerprint density at radius 1 is 1.48 bits per heavy atom. The van der Waals surface area contributed by atoms with Gasteiger partial charge < -0.3 is 16.0 Å². The molecule has 116 valence electrons. The minimum absolute atomic E-state index is 0.0469. The fourth-order valence-electron chi connectivity index (χ4n) is 2.92. The SMILES string of the molecule is Cc1nn(C)c(C)c1NC(=O)C[NH+]1CCC[C@@H](C(N)=O)C1. The number of piperidine rings is 1. The Kier molecular flexibility index (Phi) is 4.62. The van der Waals surface area contributed by atoms with E-state index in [4.69, 9.17) is 5.73 Å². The van der Waals surface area contributed by atoms with Crippen LogP contribution in [0.1, 0.15) is 24.2 Å². The van der Waals surface area contributed by atoms with Gasteiger partial charge in [0.05, 0.1) is 36.1 Å². The summed E-state index contributed by atoms with van der Waals surface area (Å²) in [6.07, 6.45) is 1.77. The molecule has 1 unspecified atom stereocenters. The van der Waals surface area contributed by atoms with Crippen LogP contribution in [0.15, 0.2) is 0 Å². The number of carbonyl (C=O) groups is 2. The average Bonchev–Trinajstić information content (AvgIpc) is 2.65. The zero-order valence-electron chi connectivity index (χ0n) is 12.9. The number of anilines is 1. The maximum absolute atomic E-state index is 12.2. The van der Waals surface area contributed by atoms with Gasteiger partial charge in [-0.1, -0.05) is 0 Å². The maximum atomic E-state index is 12.2. The molecule has 0 radical (unpaired) electrons. The quantitative estimate of drug-likeness (QED) is 0.648. The molecule has 1 saturated heterocycles. The smallest absolute Gasteiger partial charge is 0.279 e. The molecule has 0 aliphatic carbocycles. The summed E-state index contributed by atoms with van der Waals surface area (Å²) in [6.45, 7) is 5.71. The van der Waals surface area contributed by atoms with Gasteiger partial charge in [-0.05, 0) is 26.7 Å². The first-order chi connectivity index (χ1) is 9.88. The lowest BCUT2D eigenvalue weighted by atomic mass is 9.97. The van der Waals surface area contributed by atoms with Crippen LogP contribution in [0.3, 0.4) is 0 Å². The lowest BCUT2D eigenvalue weighted by Gasteiger charge is -2.27. The van der Waals surface area contributed by atoms with Crippen LogP contribution in [0.25, 0.3) is 0 Å². The molecule has 7 nitrogen and oxygen atoms in total. The van der Waals surface area contributed by atoms with E-state index in [0.717, 1.165) is 41.4 Å². The number of aryl methyl sites for hydroxylation is 2. The van der Waals surface area contributed by atoms with Crippen LogP contribution in [0.2, 0.25) is 0 Å². The highest BCUT2D eigenvalue weighted by molar-refractivity contribution is 5.92. The predicted octanol–water partition coefficient (Wildman–Crippen LogP) is -1.24. The summed E-state index contributed by atoms with van der Waals surface area (Å²) < 4.78 is 1.75. The average molecular weight is 294 g/mol. The van der Waals surface area contributed by atoms with E-state index in [1.54, 1.807) is 4.68 Å². The lowest BCUT2D eigenvalue weighted by Crippen LogP contribution is -3.14. The highest BCUT2D eigenvalue weighted by atomic mass is 16.2. The van der Waals surface area contributed by atoms with Crippen LogP contribution in [-0.2, 0) is 16.6 Å². The van der Waals surface area contributed by atoms with Crippen molar-refractivity contribution >= 4 is 17.5 Å². The molecule has 0 bridgehead atoms. The van der Waals surface area contributed by atoms with Gasteiger partial charge in [0.25, 0.3) is 5.91 Å². The number of nitrogens with zero attached hydrogens (tertiary/aromatic N) is 2. The van der Waals surface area contributed by atoms with Crippen molar-refractivity contribution in [1.82, 2.24) is 9.78 Å². The zero-order chi connectivity index (χ0) is 15.6. The standard InChI is InChI=1S/C14H23N5O2/c1-9-13(10(2)18(3)17-9)16-12(20)8-19-6-4-5-11(7-19)14(15)21/h11H,4-8H2,1-3H3,(H2,15,21)(H,16,20)/p+1/t11-/m1/s1. The van der Waals surface area contributed by atoms with Crippen molar-refractivity contribution in [2.45, 2.75) is 26.7 Å². The number of nitrogens with one attached hydrogen (secondary N) is 2. The van der Waals surface area contributed by atoms with Crippen molar-refractivity contribution in [3.05, 3.63) is 11.4 Å². The molecule has 2 rings (SSSR count). The van der Waals surface area contributed by atoms with E-state index in [1.807, 2.05) is 20.9 Å². The van der Waals surface area contributed by atoms with Crippen molar-refractivity contribution in [3.63, 3.8) is 0 Å². The number of carbonyl (C=O) groups excluding carboxylic acids is 2. The summed E-state index contributed by atoms with van der Waals surface area (Å²) in [5.41, 5.74) is 7.89. The molecule has 2 atom stereocenters. The number of hydrogen-bond donors (Lipinski definition) is 3. The third-order valence-electron chi connectivity index (χ3n) is 4.20. The molecule has 7 heteroatoms. The number of hydrogen-bond acceptors (Lipinski definition) is 3. The first kappa shape index (κ1) is 15.5. The molecule has 1 aromatic heterocycles. The Morgan fingerprint density at radius 3 is 2.76 bits per heavy atom. The number of aromatic nitrogens is 2. The highest BCUT2D eigenvalue weighted by Crippen LogP contribution is 2.17. The molecule has 2 amide bonds. The number of nitrogens with two attached hydrogens (primary N) is 1.